The fraction of sp³-hybridized carbons (Fsp3) is 0.238. The van der Waals surface area contributed by atoms with Gasteiger partial charge in [0.2, 0.25) is 5.91 Å². The Balaban J connectivity index is 1.53. The van der Waals surface area contributed by atoms with E-state index in [1.807, 2.05) is 51.1 Å². The molecule has 0 saturated heterocycles. The second-order valence-corrected chi connectivity index (χ2v) is 6.78. The topological polar surface area (TPSA) is 88.9 Å². The van der Waals surface area contributed by atoms with Crippen LogP contribution in [0.4, 0.5) is 0 Å². The third kappa shape index (κ3) is 4.82. The lowest BCUT2D eigenvalue weighted by Gasteiger charge is -2.15. The highest BCUT2D eigenvalue weighted by molar-refractivity contribution is 5.96. The summed E-state index contributed by atoms with van der Waals surface area (Å²) in [5.74, 6) is -0.502. The number of benzene rings is 2. The molecule has 0 bridgehead atoms. The number of carbonyl (C=O) groups excluding carboxylic acids is 2. The summed E-state index contributed by atoms with van der Waals surface area (Å²) in [6.07, 6.45) is 3.10. The Morgan fingerprint density at radius 3 is 2.36 bits per heavy atom. The SMILES string of the molecule is Cc1cc(C)cc(C(=O)NCC(=O)NC(C)c2ccc(-n3cncn3)cc2)c1. The normalized spacial score (nSPS) is 11.7. The Labute approximate surface area is 163 Å². The molecule has 0 spiro atoms. The molecular formula is C21H23N5O2. The van der Waals surface area contributed by atoms with Crippen molar-refractivity contribution in [2.75, 3.05) is 6.54 Å². The molecule has 0 fully saturated rings. The number of hydrogen-bond donors (Lipinski definition) is 2. The third-order valence-corrected chi connectivity index (χ3v) is 4.35. The van der Waals surface area contributed by atoms with Gasteiger partial charge in [-0.05, 0) is 50.6 Å². The van der Waals surface area contributed by atoms with Gasteiger partial charge in [-0.1, -0.05) is 29.3 Å². The molecular weight excluding hydrogens is 354 g/mol. The molecule has 0 aliphatic carbocycles. The summed E-state index contributed by atoms with van der Waals surface area (Å²) in [5, 5.41) is 9.64. The summed E-state index contributed by atoms with van der Waals surface area (Å²) in [5.41, 5.74) is 4.43. The van der Waals surface area contributed by atoms with Gasteiger partial charge < -0.3 is 10.6 Å². The first kappa shape index (κ1) is 19.3. The molecule has 1 heterocycles. The summed E-state index contributed by atoms with van der Waals surface area (Å²) in [4.78, 5) is 28.4. The van der Waals surface area contributed by atoms with Crippen molar-refractivity contribution in [2.24, 2.45) is 0 Å². The van der Waals surface area contributed by atoms with Crippen LogP contribution in [0, 0.1) is 13.8 Å². The minimum absolute atomic E-state index is 0.0762. The van der Waals surface area contributed by atoms with Crippen molar-refractivity contribution in [3.63, 3.8) is 0 Å². The molecule has 28 heavy (non-hydrogen) atoms. The number of carbonyl (C=O) groups is 2. The molecule has 144 valence electrons. The van der Waals surface area contributed by atoms with Crippen LogP contribution >= 0.6 is 0 Å². The van der Waals surface area contributed by atoms with E-state index >= 15 is 0 Å². The number of rotatable bonds is 6. The zero-order chi connectivity index (χ0) is 20.1. The standard InChI is InChI=1S/C21H23N5O2/c1-14-8-15(2)10-18(9-14)21(28)23-11-20(27)25-16(3)17-4-6-19(7-5-17)26-13-22-12-24-26/h4-10,12-13,16H,11H2,1-3H3,(H,23,28)(H,25,27). The minimum atomic E-state index is -0.258. The average molecular weight is 377 g/mol. The summed E-state index contributed by atoms with van der Waals surface area (Å²) in [6.45, 7) is 5.69. The predicted molar refractivity (Wildman–Crippen MR) is 106 cm³/mol. The van der Waals surface area contributed by atoms with Crippen molar-refractivity contribution >= 4 is 11.8 Å². The van der Waals surface area contributed by atoms with E-state index in [9.17, 15) is 9.59 Å². The first-order valence-electron chi connectivity index (χ1n) is 9.03. The molecule has 0 aliphatic heterocycles. The quantitative estimate of drug-likeness (QED) is 0.691. The lowest BCUT2D eigenvalue weighted by atomic mass is 10.1. The second kappa shape index (κ2) is 8.47. The van der Waals surface area contributed by atoms with Gasteiger partial charge in [0.05, 0.1) is 18.3 Å². The van der Waals surface area contributed by atoms with E-state index in [1.165, 1.54) is 6.33 Å². The summed E-state index contributed by atoms with van der Waals surface area (Å²) < 4.78 is 1.66. The van der Waals surface area contributed by atoms with Crippen LogP contribution in [0.1, 0.15) is 40.0 Å². The van der Waals surface area contributed by atoms with E-state index in [2.05, 4.69) is 20.7 Å². The van der Waals surface area contributed by atoms with Gasteiger partial charge in [0.25, 0.3) is 5.91 Å². The monoisotopic (exact) mass is 377 g/mol. The first-order chi connectivity index (χ1) is 13.4. The Morgan fingerprint density at radius 1 is 1.07 bits per heavy atom. The van der Waals surface area contributed by atoms with Crippen molar-refractivity contribution in [3.05, 3.63) is 77.4 Å². The van der Waals surface area contributed by atoms with Crippen molar-refractivity contribution in [1.29, 1.82) is 0 Å². The third-order valence-electron chi connectivity index (χ3n) is 4.35. The number of aromatic nitrogens is 3. The van der Waals surface area contributed by atoms with Crippen molar-refractivity contribution in [2.45, 2.75) is 26.8 Å². The van der Waals surface area contributed by atoms with Crippen LogP contribution in [0.3, 0.4) is 0 Å². The van der Waals surface area contributed by atoms with Crippen molar-refractivity contribution in [3.8, 4) is 5.69 Å². The van der Waals surface area contributed by atoms with Crippen LogP contribution in [-0.4, -0.2) is 33.1 Å². The fourth-order valence-electron chi connectivity index (χ4n) is 3.00. The number of nitrogens with one attached hydrogen (secondary N) is 2. The lowest BCUT2D eigenvalue weighted by molar-refractivity contribution is -0.120. The molecule has 1 aromatic heterocycles. The predicted octanol–water partition coefficient (Wildman–Crippen LogP) is 2.49. The molecule has 3 aromatic rings. The molecule has 2 N–H and O–H groups in total. The van der Waals surface area contributed by atoms with E-state index < -0.39 is 0 Å². The Bertz CT molecular complexity index is 945. The van der Waals surface area contributed by atoms with E-state index in [1.54, 1.807) is 23.1 Å². The molecule has 7 heteroatoms. The maximum absolute atomic E-state index is 12.3. The molecule has 2 amide bonds. The molecule has 1 atom stereocenters. The van der Waals surface area contributed by atoms with Crippen LogP contribution in [0.15, 0.2) is 55.1 Å². The molecule has 3 rings (SSSR count). The zero-order valence-corrected chi connectivity index (χ0v) is 16.1. The van der Waals surface area contributed by atoms with Gasteiger partial charge >= 0.3 is 0 Å². The Hall–Kier alpha value is -3.48. The first-order valence-corrected chi connectivity index (χ1v) is 9.03. The maximum Gasteiger partial charge on any atom is 0.251 e. The molecule has 1 unspecified atom stereocenters. The zero-order valence-electron chi connectivity index (χ0n) is 16.1. The maximum atomic E-state index is 12.3. The van der Waals surface area contributed by atoms with Gasteiger partial charge in [0.15, 0.2) is 0 Å². The summed E-state index contributed by atoms with van der Waals surface area (Å²) >= 11 is 0. The smallest absolute Gasteiger partial charge is 0.251 e. The lowest BCUT2D eigenvalue weighted by Crippen LogP contribution is -2.38. The molecule has 2 aromatic carbocycles. The average Bonchev–Trinajstić information content (AvgIpc) is 3.20. The van der Waals surface area contributed by atoms with E-state index in [0.29, 0.717) is 5.56 Å². The molecule has 0 saturated carbocycles. The molecule has 7 nitrogen and oxygen atoms in total. The van der Waals surface area contributed by atoms with Crippen molar-refractivity contribution < 1.29 is 9.59 Å². The Morgan fingerprint density at radius 2 is 1.75 bits per heavy atom. The van der Waals surface area contributed by atoms with Crippen LogP contribution in [-0.2, 0) is 4.79 Å². The highest BCUT2D eigenvalue weighted by Crippen LogP contribution is 2.15. The minimum Gasteiger partial charge on any atom is -0.348 e. The number of aryl methyl sites for hydroxylation is 2. The van der Waals surface area contributed by atoms with Crippen LogP contribution < -0.4 is 10.6 Å². The highest BCUT2D eigenvalue weighted by Gasteiger charge is 2.12. The summed E-state index contributed by atoms with van der Waals surface area (Å²) in [6, 6.07) is 13.1. The van der Waals surface area contributed by atoms with Gasteiger partial charge in [-0.3, -0.25) is 9.59 Å². The van der Waals surface area contributed by atoms with Gasteiger partial charge in [-0.15, -0.1) is 0 Å². The highest BCUT2D eigenvalue weighted by atomic mass is 16.2. The summed E-state index contributed by atoms with van der Waals surface area (Å²) in [7, 11) is 0. The number of amides is 2. The molecule has 0 aliphatic rings. The number of nitrogens with zero attached hydrogens (tertiary/aromatic N) is 3. The van der Waals surface area contributed by atoms with Gasteiger partial charge in [-0.2, -0.15) is 5.10 Å². The molecule has 0 radical (unpaired) electrons. The van der Waals surface area contributed by atoms with E-state index in [-0.39, 0.29) is 24.4 Å². The van der Waals surface area contributed by atoms with Crippen LogP contribution in [0.2, 0.25) is 0 Å². The largest absolute Gasteiger partial charge is 0.348 e. The Kier molecular flexibility index (Phi) is 5.84. The van der Waals surface area contributed by atoms with Gasteiger partial charge in [0, 0.05) is 5.56 Å². The van der Waals surface area contributed by atoms with Gasteiger partial charge in [0.1, 0.15) is 12.7 Å². The number of hydrogen-bond acceptors (Lipinski definition) is 4. The van der Waals surface area contributed by atoms with E-state index in [0.717, 1.165) is 22.4 Å². The van der Waals surface area contributed by atoms with Crippen LogP contribution in [0.5, 0.6) is 0 Å². The van der Waals surface area contributed by atoms with Crippen molar-refractivity contribution in [1.82, 2.24) is 25.4 Å². The van der Waals surface area contributed by atoms with Crippen LogP contribution in [0.25, 0.3) is 5.69 Å². The van der Waals surface area contributed by atoms with Gasteiger partial charge in [-0.25, -0.2) is 9.67 Å². The second-order valence-electron chi connectivity index (χ2n) is 6.78. The fourth-order valence-corrected chi connectivity index (χ4v) is 3.00. The van der Waals surface area contributed by atoms with E-state index in [4.69, 9.17) is 0 Å².